The number of carbonyl (C=O) groups excluding carboxylic acids is 1. The molecule has 2 amide bonds. The Kier molecular flexibility index (Phi) is 7.31. The predicted molar refractivity (Wildman–Crippen MR) is 114 cm³/mol. The molecule has 32 heavy (non-hydrogen) atoms. The fourth-order valence-electron chi connectivity index (χ4n) is 2.97. The maximum atomic E-state index is 13.3. The van der Waals surface area contributed by atoms with E-state index in [0.29, 0.717) is 24.2 Å². The Morgan fingerprint density at radius 3 is 2.75 bits per heavy atom. The predicted octanol–water partition coefficient (Wildman–Crippen LogP) is 2.74. The topological polar surface area (TPSA) is 73.8 Å². The quantitative estimate of drug-likeness (QED) is 0.284. The van der Waals surface area contributed by atoms with Crippen LogP contribution in [0, 0.1) is 0 Å². The molecule has 0 aliphatic rings. The number of benzene rings is 1. The monoisotopic (exact) mass is 467 g/mol. The lowest BCUT2D eigenvalue weighted by molar-refractivity contribution is -0.904. The summed E-state index contributed by atoms with van der Waals surface area (Å²) in [7, 11) is 3.99. The third-order valence-corrected chi connectivity index (χ3v) is 5.36. The van der Waals surface area contributed by atoms with Crippen molar-refractivity contribution in [3.8, 4) is 11.3 Å². The SMILES string of the molecule is C[NH+](C)CCCNC(=O)N(c1cccc(C(F)(F)F)c1)c1nc(-c2ccc[n+](O)c2)cs1. The van der Waals surface area contributed by atoms with Crippen molar-refractivity contribution in [2.75, 3.05) is 32.1 Å². The Morgan fingerprint density at radius 2 is 2.06 bits per heavy atom. The lowest BCUT2D eigenvalue weighted by Gasteiger charge is -2.21. The molecule has 3 N–H and O–H groups in total. The summed E-state index contributed by atoms with van der Waals surface area (Å²) < 4.78 is 40.7. The third-order valence-electron chi connectivity index (χ3n) is 4.53. The van der Waals surface area contributed by atoms with Crippen LogP contribution in [-0.2, 0) is 6.18 Å². The van der Waals surface area contributed by atoms with Gasteiger partial charge >= 0.3 is 12.2 Å². The number of carbonyl (C=O) groups is 1. The normalized spacial score (nSPS) is 11.6. The minimum Gasteiger partial charge on any atom is -0.340 e. The molecule has 0 radical (unpaired) electrons. The van der Waals surface area contributed by atoms with Gasteiger partial charge in [-0.3, -0.25) is 5.21 Å². The Hall–Kier alpha value is -3.18. The lowest BCUT2D eigenvalue weighted by Crippen LogP contribution is -3.05. The fraction of sp³-hybridized carbons (Fsp3) is 0.286. The standard InChI is InChI=1S/C21H22F3N5O2S/c1-27(2)10-5-9-25-19(30)29(17-8-3-7-16(12-17)21(22,23)24)20-26-18(14-32-20)15-6-4-11-28(31)13-15/h3-4,6-8,11-14H,5,9-10H2,1-2H3,(H-,25,30,31)/p+2. The second kappa shape index (κ2) is 9.96. The van der Waals surface area contributed by atoms with E-state index in [9.17, 15) is 23.2 Å². The van der Waals surface area contributed by atoms with E-state index in [0.717, 1.165) is 39.6 Å². The van der Waals surface area contributed by atoms with Crippen LogP contribution in [0.5, 0.6) is 0 Å². The van der Waals surface area contributed by atoms with Crippen LogP contribution in [0.25, 0.3) is 11.3 Å². The summed E-state index contributed by atoms with van der Waals surface area (Å²) in [5, 5.41) is 14.3. The van der Waals surface area contributed by atoms with Crippen molar-refractivity contribution in [3.05, 3.63) is 59.7 Å². The van der Waals surface area contributed by atoms with Gasteiger partial charge in [0.2, 0.25) is 12.4 Å². The second-order valence-electron chi connectivity index (χ2n) is 7.41. The molecule has 0 atom stereocenters. The number of halogens is 3. The molecule has 11 heteroatoms. The van der Waals surface area contributed by atoms with Crippen molar-refractivity contribution >= 4 is 28.2 Å². The molecule has 3 aromatic rings. The van der Waals surface area contributed by atoms with Gasteiger partial charge in [-0.25, -0.2) is 14.7 Å². The summed E-state index contributed by atoms with van der Waals surface area (Å²) in [6, 6.07) is 7.36. The molecule has 0 unspecified atom stereocenters. The van der Waals surface area contributed by atoms with Gasteiger partial charge in [-0.05, 0) is 24.3 Å². The van der Waals surface area contributed by atoms with Crippen LogP contribution in [0.4, 0.5) is 28.8 Å². The molecule has 3 rings (SSSR count). The first-order chi connectivity index (χ1) is 15.1. The summed E-state index contributed by atoms with van der Waals surface area (Å²) in [5.41, 5.74) is 0.275. The zero-order valence-electron chi connectivity index (χ0n) is 17.6. The zero-order valence-corrected chi connectivity index (χ0v) is 18.4. The fourth-order valence-corrected chi connectivity index (χ4v) is 3.82. The molecule has 170 valence electrons. The van der Waals surface area contributed by atoms with Gasteiger partial charge in [-0.15, -0.1) is 11.3 Å². The number of hydrogen-bond acceptors (Lipinski definition) is 4. The van der Waals surface area contributed by atoms with E-state index in [-0.39, 0.29) is 10.8 Å². The summed E-state index contributed by atoms with van der Waals surface area (Å²) in [6.07, 6.45) is -0.945. The van der Waals surface area contributed by atoms with Crippen LogP contribution in [0.3, 0.4) is 0 Å². The molecule has 7 nitrogen and oxygen atoms in total. The van der Waals surface area contributed by atoms with Crippen LogP contribution in [0.1, 0.15) is 12.0 Å². The maximum Gasteiger partial charge on any atom is 0.416 e. The average molecular weight is 468 g/mol. The lowest BCUT2D eigenvalue weighted by atomic mass is 10.2. The average Bonchev–Trinajstić information content (AvgIpc) is 3.20. The van der Waals surface area contributed by atoms with Crippen LogP contribution in [0.15, 0.2) is 54.2 Å². The van der Waals surface area contributed by atoms with Gasteiger partial charge in [0.25, 0.3) is 0 Å². The van der Waals surface area contributed by atoms with Crippen molar-refractivity contribution in [1.82, 2.24) is 10.3 Å². The van der Waals surface area contributed by atoms with Gasteiger partial charge in [0, 0.05) is 29.1 Å². The third kappa shape index (κ3) is 5.95. The number of quaternary nitrogens is 1. The molecule has 0 saturated heterocycles. The number of hydrogen-bond donors (Lipinski definition) is 3. The Morgan fingerprint density at radius 1 is 1.28 bits per heavy atom. The summed E-state index contributed by atoms with van der Waals surface area (Å²) in [6.45, 7) is 1.21. The molecule has 0 aliphatic heterocycles. The van der Waals surface area contributed by atoms with Crippen LogP contribution < -0.4 is 19.8 Å². The minimum atomic E-state index is -4.54. The molecule has 1 aromatic carbocycles. The number of anilines is 2. The van der Waals surface area contributed by atoms with E-state index in [4.69, 9.17) is 0 Å². The largest absolute Gasteiger partial charge is 0.416 e. The Labute approximate surface area is 187 Å². The first-order valence-electron chi connectivity index (χ1n) is 9.86. The van der Waals surface area contributed by atoms with Gasteiger partial charge in [0.15, 0.2) is 5.13 Å². The van der Waals surface area contributed by atoms with Crippen molar-refractivity contribution < 1.29 is 32.8 Å². The van der Waals surface area contributed by atoms with E-state index in [1.807, 2.05) is 14.1 Å². The number of nitrogens with zero attached hydrogens (tertiary/aromatic N) is 3. The minimum absolute atomic E-state index is 0.0572. The summed E-state index contributed by atoms with van der Waals surface area (Å²) in [5.74, 6) is 0. The number of rotatable bonds is 7. The smallest absolute Gasteiger partial charge is 0.340 e. The van der Waals surface area contributed by atoms with Crippen molar-refractivity contribution in [1.29, 1.82) is 0 Å². The van der Waals surface area contributed by atoms with E-state index >= 15 is 0 Å². The highest BCUT2D eigenvalue weighted by molar-refractivity contribution is 7.14. The highest BCUT2D eigenvalue weighted by atomic mass is 32.1. The Bertz CT molecular complexity index is 1070. The van der Waals surface area contributed by atoms with E-state index in [1.165, 1.54) is 29.4 Å². The molecule has 0 spiro atoms. The van der Waals surface area contributed by atoms with Gasteiger partial charge in [-0.2, -0.15) is 13.2 Å². The van der Waals surface area contributed by atoms with E-state index in [2.05, 4.69) is 10.3 Å². The summed E-state index contributed by atoms with van der Waals surface area (Å²) in [4.78, 5) is 19.8. The number of thiazole rings is 1. The molecule has 0 aliphatic carbocycles. The molecule has 2 heterocycles. The first-order valence-corrected chi connectivity index (χ1v) is 10.7. The van der Waals surface area contributed by atoms with E-state index in [1.54, 1.807) is 17.5 Å². The van der Waals surface area contributed by atoms with Crippen molar-refractivity contribution in [3.63, 3.8) is 0 Å². The van der Waals surface area contributed by atoms with Crippen molar-refractivity contribution in [2.24, 2.45) is 0 Å². The van der Waals surface area contributed by atoms with Crippen LogP contribution in [0.2, 0.25) is 0 Å². The number of aromatic nitrogens is 2. The van der Waals surface area contributed by atoms with Crippen LogP contribution >= 0.6 is 11.3 Å². The Balaban J connectivity index is 1.93. The zero-order chi connectivity index (χ0) is 23.3. The second-order valence-corrected chi connectivity index (χ2v) is 8.25. The number of alkyl halides is 3. The molecule has 0 bridgehead atoms. The van der Waals surface area contributed by atoms with Gasteiger partial charge < -0.3 is 10.2 Å². The number of pyridine rings is 1. The molecule has 0 fully saturated rings. The van der Waals surface area contributed by atoms with E-state index < -0.39 is 17.8 Å². The number of amides is 2. The molecular weight excluding hydrogens is 443 g/mol. The molecule has 2 aromatic heterocycles. The number of urea groups is 1. The summed E-state index contributed by atoms with van der Waals surface area (Å²) >= 11 is 1.12. The van der Waals surface area contributed by atoms with Crippen molar-refractivity contribution in [2.45, 2.75) is 12.6 Å². The van der Waals surface area contributed by atoms with Gasteiger partial charge in [0.05, 0.1) is 43.1 Å². The highest BCUT2D eigenvalue weighted by Gasteiger charge is 2.32. The highest BCUT2D eigenvalue weighted by Crippen LogP contribution is 2.36. The van der Waals surface area contributed by atoms with Gasteiger partial charge in [-0.1, -0.05) is 6.07 Å². The first kappa shape index (κ1) is 23.5. The molecular formula is C21H24F3N5O2S+2. The maximum absolute atomic E-state index is 13.3. The van der Waals surface area contributed by atoms with Gasteiger partial charge in [0.1, 0.15) is 0 Å². The number of nitrogens with one attached hydrogen (secondary N) is 2. The molecule has 0 saturated carbocycles. The van der Waals surface area contributed by atoms with Crippen LogP contribution in [-0.4, -0.2) is 43.4 Å².